The van der Waals surface area contributed by atoms with E-state index in [-0.39, 0.29) is 17.5 Å². The third-order valence-electron chi connectivity index (χ3n) is 4.27. The van der Waals surface area contributed by atoms with Crippen molar-refractivity contribution in [3.8, 4) is 5.82 Å². The third-order valence-corrected chi connectivity index (χ3v) is 4.27. The molecule has 2 aromatic heterocycles. The van der Waals surface area contributed by atoms with Crippen LogP contribution in [-0.2, 0) is 4.79 Å². The molecule has 6 heteroatoms. The smallest absolute Gasteiger partial charge is 0.198 e. The van der Waals surface area contributed by atoms with Crippen molar-refractivity contribution in [3.63, 3.8) is 0 Å². The van der Waals surface area contributed by atoms with Crippen LogP contribution >= 0.6 is 0 Å². The Bertz CT molecular complexity index is 806. The Kier molecular flexibility index (Phi) is 3.90. The topological polar surface area (TPSA) is 77.7 Å². The maximum absolute atomic E-state index is 12.8. The summed E-state index contributed by atoms with van der Waals surface area (Å²) >= 11 is 0. The van der Waals surface area contributed by atoms with Gasteiger partial charge >= 0.3 is 0 Å². The summed E-state index contributed by atoms with van der Waals surface area (Å²) in [6.07, 6.45) is 4.57. The van der Waals surface area contributed by atoms with Gasteiger partial charge in [0, 0.05) is 11.5 Å². The molecule has 1 aliphatic rings. The molecule has 2 heterocycles. The lowest BCUT2D eigenvalue weighted by molar-refractivity contribution is -0.119. The van der Waals surface area contributed by atoms with Crippen LogP contribution in [0.3, 0.4) is 0 Å². The minimum atomic E-state index is -0.228. The van der Waals surface area contributed by atoms with Gasteiger partial charge in [-0.05, 0) is 38.8 Å². The summed E-state index contributed by atoms with van der Waals surface area (Å²) < 4.78 is 1.53. The van der Waals surface area contributed by atoms with Gasteiger partial charge in [-0.15, -0.1) is 0 Å². The van der Waals surface area contributed by atoms with Crippen molar-refractivity contribution in [1.82, 2.24) is 19.7 Å². The first kappa shape index (κ1) is 15.3. The predicted octanol–water partition coefficient (Wildman–Crippen LogP) is 2.47. The van der Waals surface area contributed by atoms with E-state index in [1.807, 2.05) is 13.8 Å². The van der Waals surface area contributed by atoms with Crippen LogP contribution < -0.4 is 0 Å². The van der Waals surface area contributed by atoms with E-state index in [2.05, 4.69) is 15.1 Å². The number of rotatable bonds is 3. The third kappa shape index (κ3) is 2.72. The van der Waals surface area contributed by atoms with E-state index in [9.17, 15) is 9.59 Å². The number of aromatic nitrogens is 4. The number of hydrogen-bond acceptors (Lipinski definition) is 5. The molecule has 0 amide bonds. The fourth-order valence-corrected chi connectivity index (χ4v) is 2.83. The molecule has 118 valence electrons. The number of allylic oxidation sites excluding steroid dienone is 2. The first-order valence-electron chi connectivity index (χ1n) is 7.60. The number of pyridine rings is 1. The number of carbonyl (C=O) groups excluding carboxylic acids is 2. The van der Waals surface area contributed by atoms with Gasteiger partial charge in [-0.25, -0.2) is 14.6 Å². The van der Waals surface area contributed by atoms with Crippen LogP contribution in [0.15, 0.2) is 35.9 Å². The highest BCUT2D eigenvalue weighted by atomic mass is 16.1. The molecule has 0 spiro atoms. The fraction of sp³-hybridized carbons (Fsp3) is 0.353. The van der Waals surface area contributed by atoms with Gasteiger partial charge in [-0.1, -0.05) is 12.5 Å². The van der Waals surface area contributed by atoms with Crippen LogP contribution in [0.4, 0.5) is 0 Å². The van der Waals surface area contributed by atoms with Crippen molar-refractivity contribution in [1.29, 1.82) is 0 Å². The maximum atomic E-state index is 12.8. The molecule has 0 aromatic carbocycles. The first-order chi connectivity index (χ1) is 11.0. The zero-order chi connectivity index (χ0) is 16.6. The van der Waals surface area contributed by atoms with Gasteiger partial charge in [0.1, 0.15) is 12.7 Å². The molecular formula is C17H18N4O2. The number of ketones is 2. The van der Waals surface area contributed by atoms with Crippen LogP contribution in [0, 0.1) is 12.8 Å². The summed E-state index contributed by atoms with van der Waals surface area (Å²) in [4.78, 5) is 33.5. The summed E-state index contributed by atoms with van der Waals surface area (Å²) in [5.41, 5.74) is 2.25. The van der Waals surface area contributed by atoms with E-state index >= 15 is 0 Å². The Morgan fingerprint density at radius 1 is 1.30 bits per heavy atom. The normalized spacial score (nSPS) is 18.4. The molecule has 0 saturated heterocycles. The molecule has 2 aromatic rings. The van der Waals surface area contributed by atoms with Gasteiger partial charge in [0.15, 0.2) is 17.4 Å². The van der Waals surface area contributed by atoms with Crippen LogP contribution in [0.25, 0.3) is 5.82 Å². The predicted molar refractivity (Wildman–Crippen MR) is 84.3 cm³/mol. The highest BCUT2D eigenvalue weighted by Crippen LogP contribution is 2.29. The Morgan fingerprint density at radius 3 is 2.74 bits per heavy atom. The van der Waals surface area contributed by atoms with E-state index in [0.717, 1.165) is 18.4 Å². The van der Waals surface area contributed by atoms with Crippen molar-refractivity contribution in [2.24, 2.45) is 5.92 Å². The molecule has 6 nitrogen and oxygen atoms in total. The molecular weight excluding hydrogens is 292 g/mol. The molecule has 0 fully saturated rings. The highest BCUT2D eigenvalue weighted by molar-refractivity contribution is 6.27. The van der Waals surface area contributed by atoms with Gasteiger partial charge < -0.3 is 0 Å². The maximum Gasteiger partial charge on any atom is 0.198 e. The molecule has 1 aliphatic carbocycles. The van der Waals surface area contributed by atoms with E-state index in [1.165, 1.54) is 11.0 Å². The lowest BCUT2D eigenvalue weighted by atomic mass is 9.81. The fourth-order valence-electron chi connectivity index (χ4n) is 2.83. The van der Waals surface area contributed by atoms with Gasteiger partial charge in [-0.3, -0.25) is 9.59 Å². The second-order valence-corrected chi connectivity index (χ2v) is 5.93. The molecule has 1 atom stereocenters. The number of carbonyl (C=O) groups is 2. The summed E-state index contributed by atoms with van der Waals surface area (Å²) in [7, 11) is 0. The number of aryl methyl sites for hydroxylation is 1. The lowest BCUT2D eigenvalue weighted by Gasteiger charge is -2.21. The molecule has 0 saturated carbocycles. The summed E-state index contributed by atoms with van der Waals surface area (Å²) in [6, 6.07) is 3.41. The molecule has 3 rings (SSSR count). The summed E-state index contributed by atoms with van der Waals surface area (Å²) in [5.74, 6) is 0.207. The van der Waals surface area contributed by atoms with Crippen LogP contribution in [0.2, 0.25) is 0 Å². The summed E-state index contributed by atoms with van der Waals surface area (Å²) in [5, 5.41) is 4.02. The second kappa shape index (κ2) is 5.87. The average Bonchev–Trinajstić information content (AvgIpc) is 3.05. The van der Waals surface area contributed by atoms with E-state index < -0.39 is 0 Å². The van der Waals surface area contributed by atoms with Crippen LogP contribution in [0.5, 0.6) is 0 Å². The Morgan fingerprint density at radius 2 is 2.09 bits per heavy atom. The van der Waals surface area contributed by atoms with E-state index in [1.54, 1.807) is 25.4 Å². The quantitative estimate of drug-likeness (QED) is 0.643. The van der Waals surface area contributed by atoms with Crippen LogP contribution in [-0.4, -0.2) is 31.3 Å². The Labute approximate surface area is 134 Å². The van der Waals surface area contributed by atoms with Crippen molar-refractivity contribution >= 4 is 11.6 Å². The van der Waals surface area contributed by atoms with E-state index in [0.29, 0.717) is 22.6 Å². The monoisotopic (exact) mass is 310 g/mol. The minimum Gasteiger partial charge on any atom is -0.294 e. The highest BCUT2D eigenvalue weighted by Gasteiger charge is 2.30. The molecule has 1 unspecified atom stereocenters. The standard InChI is InChI=1S/C17H18N4O2/c1-10-4-5-11(2)16(22)15(10)17(23)13-6-7-14(20-12(13)3)21-9-18-8-19-21/h6-9,11H,4-5H2,1-3H3. The average molecular weight is 310 g/mol. The molecule has 0 aliphatic heterocycles. The SMILES string of the molecule is CC1=C(C(=O)c2ccc(-n3cncn3)nc2C)C(=O)C(C)CC1. The zero-order valence-corrected chi connectivity index (χ0v) is 13.4. The molecule has 0 radical (unpaired) electrons. The number of hydrogen-bond donors (Lipinski definition) is 0. The molecule has 23 heavy (non-hydrogen) atoms. The van der Waals surface area contributed by atoms with Gasteiger partial charge in [0.25, 0.3) is 0 Å². The Balaban J connectivity index is 1.99. The Hall–Kier alpha value is -2.63. The van der Waals surface area contributed by atoms with Crippen molar-refractivity contribution in [3.05, 3.63) is 47.2 Å². The van der Waals surface area contributed by atoms with E-state index in [4.69, 9.17) is 0 Å². The van der Waals surface area contributed by atoms with Crippen molar-refractivity contribution in [2.75, 3.05) is 0 Å². The molecule has 0 N–H and O–H groups in total. The van der Waals surface area contributed by atoms with Crippen LogP contribution in [0.1, 0.15) is 42.7 Å². The summed E-state index contributed by atoms with van der Waals surface area (Å²) in [6.45, 7) is 5.50. The number of Topliss-reactive ketones (excluding diaryl/α,β-unsaturated/α-hetero) is 2. The van der Waals surface area contributed by atoms with Crippen molar-refractivity contribution in [2.45, 2.75) is 33.6 Å². The second-order valence-electron chi connectivity index (χ2n) is 5.93. The molecule has 0 bridgehead atoms. The largest absolute Gasteiger partial charge is 0.294 e. The van der Waals surface area contributed by atoms with Gasteiger partial charge in [0.05, 0.1) is 11.3 Å². The first-order valence-corrected chi connectivity index (χ1v) is 7.60. The zero-order valence-electron chi connectivity index (χ0n) is 13.4. The lowest BCUT2D eigenvalue weighted by Crippen LogP contribution is -2.25. The van der Waals surface area contributed by atoms with Crippen molar-refractivity contribution < 1.29 is 9.59 Å². The van der Waals surface area contributed by atoms with Gasteiger partial charge in [0.2, 0.25) is 0 Å². The van der Waals surface area contributed by atoms with Gasteiger partial charge in [-0.2, -0.15) is 5.10 Å². The number of nitrogens with zero attached hydrogens (tertiary/aromatic N) is 4. The minimum absolute atomic E-state index is 0.0569.